The van der Waals surface area contributed by atoms with Gasteiger partial charge in [0.2, 0.25) is 5.43 Å². The van der Waals surface area contributed by atoms with Crippen molar-refractivity contribution in [2.75, 3.05) is 20.8 Å². The standard InChI is InChI=1S/C21H23NO8/c1-4-30-20(27)21(10-8-14(24)25)9-7-11(23)15-18(26)16-12(28-2)5-6-13(29-3)17(16)22-19(15)21/h5-6H,4,7-10H2,1-3H3,(H,22,26)(H,24,25). The molecule has 1 unspecified atom stereocenters. The highest BCUT2D eigenvalue weighted by Gasteiger charge is 2.49. The van der Waals surface area contributed by atoms with Crippen molar-refractivity contribution < 1.29 is 33.7 Å². The Bertz CT molecular complexity index is 1090. The predicted molar refractivity (Wildman–Crippen MR) is 106 cm³/mol. The normalized spacial score (nSPS) is 18.0. The Labute approximate surface area is 171 Å². The number of benzene rings is 1. The maximum atomic E-state index is 13.4. The average molecular weight is 417 g/mol. The van der Waals surface area contributed by atoms with Gasteiger partial charge in [-0.05, 0) is 31.9 Å². The molecule has 30 heavy (non-hydrogen) atoms. The number of esters is 1. The van der Waals surface area contributed by atoms with Gasteiger partial charge < -0.3 is 24.3 Å². The summed E-state index contributed by atoms with van der Waals surface area (Å²) in [6.07, 6.45) is -0.484. The molecule has 0 saturated heterocycles. The van der Waals surface area contributed by atoms with Crippen LogP contribution in [0.15, 0.2) is 16.9 Å². The molecule has 1 aliphatic carbocycles. The first-order valence-electron chi connectivity index (χ1n) is 9.54. The zero-order chi connectivity index (χ0) is 22.1. The lowest BCUT2D eigenvalue weighted by molar-refractivity contribution is -0.151. The molecule has 0 radical (unpaired) electrons. The fourth-order valence-electron chi connectivity index (χ4n) is 4.03. The SMILES string of the molecule is CCOC(=O)C1(CCC(=O)O)CCC(=O)c2c1[nH]c1c(OC)ccc(OC)c1c2=O. The fraction of sp³-hybridized carbons (Fsp3) is 0.429. The quantitative estimate of drug-likeness (QED) is 0.655. The van der Waals surface area contributed by atoms with Crippen LogP contribution in [0.4, 0.5) is 0 Å². The molecule has 3 rings (SSSR count). The van der Waals surface area contributed by atoms with E-state index in [9.17, 15) is 24.3 Å². The number of fused-ring (bicyclic) bond motifs is 2. The first-order valence-corrected chi connectivity index (χ1v) is 9.54. The molecule has 0 aliphatic heterocycles. The summed E-state index contributed by atoms with van der Waals surface area (Å²) in [5.41, 5.74) is -1.89. The summed E-state index contributed by atoms with van der Waals surface area (Å²) in [4.78, 5) is 53.5. The number of carboxylic acid groups (broad SMARTS) is 1. The Morgan fingerprint density at radius 2 is 1.83 bits per heavy atom. The van der Waals surface area contributed by atoms with Crippen LogP contribution in [0.2, 0.25) is 0 Å². The van der Waals surface area contributed by atoms with E-state index in [1.165, 1.54) is 14.2 Å². The largest absolute Gasteiger partial charge is 0.496 e. The highest BCUT2D eigenvalue weighted by Crippen LogP contribution is 2.42. The third kappa shape index (κ3) is 3.30. The van der Waals surface area contributed by atoms with E-state index in [2.05, 4.69) is 4.98 Å². The molecule has 9 nitrogen and oxygen atoms in total. The molecule has 2 aromatic rings. The Hall–Kier alpha value is -3.36. The number of methoxy groups -OCH3 is 2. The van der Waals surface area contributed by atoms with E-state index in [0.717, 1.165) is 0 Å². The Morgan fingerprint density at radius 3 is 2.43 bits per heavy atom. The number of carbonyl (C=O) groups is 3. The van der Waals surface area contributed by atoms with E-state index < -0.39 is 28.6 Å². The van der Waals surface area contributed by atoms with E-state index in [1.54, 1.807) is 19.1 Å². The van der Waals surface area contributed by atoms with Crippen molar-refractivity contribution in [3.63, 3.8) is 0 Å². The van der Waals surface area contributed by atoms with E-state index in [4.69, 9.17) is 14.2 Å². The highest BCUT2D eigenvalue weighted by molar-refractivity contribution is 6.05. The van der Waals surface area contributed by atoms with Gasteiger partial charge in [0.25, 0.3) is 0 Å². The van der Waals surface area contributed by atoms with Crippen LogP contribution in [0.3, 0.4) is 0 Å². The number of carbonyl (C=O) groups excluding carboxylic acids is 2. The number of ketones is 1. The summed E-state index contributed by atoms with van der Waals surface area (Å²) in [7, 11) is 2.82. The van der Waals surface area contributed by atoms with Crippen molar-refractivity contribution in [1.82, 2.24) is 4.98 Å². The molecule has 2 N–H and O–H groups in total. The molecular weight excluding hydrogens is 394 g/mol. The molecule has 0 spiro atoms. The second-order valence-electron chi connectivity index (χ2n) is 7.04. The van der Waals surface area contributed by atoms with Gasteiger partial charge in [0.1, 0.15) is 16.9 Å². The van der Waals surface area contributed by atoms with Crippen LogP contribution in [0.25, 0.3) is 10.9 Å². The first kappa shape index (κ1) is 21.4. The van der Waals surface area contributed by atoms with Crippen molar-refractivity contribution >= 4 is 28.6 Å². The molecule has 1 aliphatic rings. The number of H-pyrrole nitrogens is 1. The Morgan fingerprint density at radius 1 is 1.17 bits per heavy atom. The second-order valence-corrected chi connectivity index (χ2v) is 7.04. The van der Waals surface area contributed by atoms with E-state index in [-0.39, 0.29) is 60.2 Å². The zero-order valence-corrected chi connectivity index (χ0v) is 17.0. The molecule has 160 valence electrons. The molecule has 1 aromatic carbocycles. The van der Waals surface area contributed by atoms with Crippen molar-refractivity contribution in [3.8, 4) is 11.5 Å². The molecule has 9 heteroatoms. The highest BCUT2D eigenvalue weighted by atomic mass is 16.5. The maximum Gasteiger partial charge on any atom is 0.318 e. The minimum absolute atomic E-state index is 0.0404. The number of hydrogen-bond acceptors (Lipinski definition) is 7. The molecular formula is C21H23NO8. The lowest BCUT2D eigenvalue weighted by Gasteiger charge is -2.35. The van der Waals surface area contributed by atoms with Gasteiger partial charge in [-0.1, -0.05) is 0 Å². The van der Waals surface area contributed by atoms with Crippen LogP contribution in [0.1, 0.15) is 48.7 Å². The Kier molecular flexibility index (Phi) is 5.82. The topological polar surface area (TPSA) is 132 Å². The van der Waals surface area contributed by atoms with Crippen molar-refractivity contribution in [2.45, 2.75) is 38.0 Å². The van der Waals surface area contributed by atoms with E-state index in [0.29, 0.717) is 5.75 Å². The van der Waals surface area contributed by atoms with Gasteiger partial charge in [-0.25, -0.2) is 0 Å². The number of carboxylic acids is 1. The minimum atomic E-state index is -1.46. The smallest absolute Gasteiger partial charge is 0.318 e. The van der Waals surface area contributed by atoms with Gasteiger partial charge in [-0.15, -0.1) is 0 Å². The van der Waals surface area contributed by atoms with Crippen LogP contribution < -0.4 is 14.9 Å². The van der Waals surface area contributed by atoms with Gasteiger partial charge in [0.05, 0.1) is 37.3 Å². The van der Waals surface area contributed by atoms with Crippen molar-refractivity contribution in [1.29, 1.82) is 0 Å². The summed E-state index contributed by atoms with van der Waals surface area (Å²) in [5.74, 6) is -1.62. The van der Waals surface area contributed by atoms with Crippen LogP contribution in [-0.2, 0) is 19.7 Å². The van der Waals surface area contributed by atoms with Gasteiger partial charge in [0.15, 0.2) is 5.78 Å². The van der Waals surface area contributed by atoms with Gasteiger partial charge >= 0.3 is 11.9 Å². The van der Waals surface area contributed by atoms with Gasteiger partial charge in [0, 0.05) is 18.5 Å². The molecule has 0 saturated carbocycles. The van der Waals surface area contributed by atoms with Gasteiger partial charge in [-0.2, -0.15) is 0 Å². The summed E-state index contributed by atoms with van der Waals surface area (Å²) in [5, 5.41) is 9.35. The molecule has 0 fully saturated rings. The second kappa shape index (κ2) is 8.17. The van der Waals surface area contributed by atoms with Crippen LogP contribution in [0, 0.1) is 0 Å². The molecule has 1 aromatic heterocycles. The van der Waals surface area contributed by atoms with Crippen LogP contribution in [-0.4, -0.2) is 48.6 Å². The third-order valence-corrected chi connectivity index (χ3v) is 5.49. The number of pyridine rings is 1. The number of rotatable bonds is 7. The lowest BCUT2D eigenvalue weighted by atomic mass is 9.69. The molecule has 0 amide bonds. The number of hydrogen-bond donors (Lipinski definition) is 2. The average Bonchev–Trinajstić information content (AvgIpc) is 2.72. The monoisotopic (exact) mass is 417 g/mol. The molecule has 1 heterocycles. The van der Waals surface area contributed by atoms with Crippen LogP contribution in [0.5, 0.6) is 11.5 Å². The maximum absolute atomic E-state index is 13.4. The van der Waals surface area contributed by atoms with Crippen molar-refractivity contribution in [2.24, 2.45) is 0 Å². The van der Waals surface area contributed by atoms with Crippen LogP contribution >= 0.6 is 0 Å². The molecule has 0 bridgehead atoms. The first-order chi connectivity index (χ1) is 14.3. The summed E-state index contributed by atoms with van der Waals surface area (Å²) in [6.45, 7) is 1.71. The fourth-order valence-corrected chi connectivity index (χ4v) is 4.03. The number of aliphatic carboxylic acids is 1. The number of aromatic nitrogens is 1. The zero-order valence-electron chi connectivity index (χ0n) is 17.0. The number of Topliss-reactive ketones (excluding diaryl/α,β-unsaturated/α-hetero) is 1. The third-order valence-electron chi connectivity index (χ3n) is 5.49. The number of nitrogens with one attached hydrogen (secondary N) is 1. The van der Waals surface area contributed by atoms with E-state index in [1.807, 2.05) is 0 Å². The summed E-state index contributed by atoms with van der Waals surface area (Å²) in [6, 6.07) is 3.15. The van der Waals surface area contributed by atoms with Gasteiger partial charge in [-0.3, -0.25) is 19.2 Å². The lowest BCUT2D eigenvalue weighted by Crippen LogP contribution is -2.45. The van der Waals surface area contributed by atoms with Crippen molar-refractivity contribution in [3.05, 3.63) is 33.6 Å². The molecule has 1 atom stereocenters. The Balaban J connectivity index is 2.42. The summed E-state index contributed by atoms with van der Waals surface area (Å²) < 4.78 is 15.9. The minimum Gasteiger partial charge on any atom is -0.496 e. The number of ether oxygens (including phenoxy) is 3. The summed E-state index contributed by atoms with van der Waals surface area (Å²) >= 11 is 0. The predicted octanol–water partition coefficient (Wildman–Crippen LogP) is 2.19. The van der Waals surface area contributed by atoms with E-state index >= 15 is 0 Å². The number of aromatic amines is 1.